The van der Waals surface area contributed by atoms with E-state index in [9.17, 15) is 5.11 Å². The zero-order valence-corrected chi connectivity index (χ0v) is 12.3. The molecule has 5 heteroatoms. The zero-order chi connectivity index (χ0) is 14.5. The van der Waals surface area contributed by atoms with E-state index in [2.05, 4.69) is 15.9 Å². The van der Waals surface area contributed by atoms with Crippen LogP contribution in [0.15, 0.2) is 40.9 Å². The van der Waals surface area contributed by atoms with Crippen molar-refractivity contribution in [3.63, 3.8) is 0 Å². The fourth-order valence-corrected chi connectivity index (χ4v) is 2.23. The second kappa shape index (κ2) is 6.31. The van der Waals surface area contributed by atoms with Gasteiger partial charge in [-0.3, -0.25) is 0 Å². The van der Waals surface area contributed by atoms with Crippen LogP contribution in [0.1, 0.15) is 11.1 Å². The average molecular weight is 334 g/mol. The molecule has 0 fully saturated rings. The van der Waals surface area contributed by atoms with Gasteiger partial charge in [0.25, 0.3) is 6.26 Å². The molecule has 0 aliphatic rings. The Bertz CT molecular complexity index is 665. The Morgan fingerprint density at radius 3 is 2.75 bits per heavy atom. The standard InChI is InChI=1S/C15H12BrNO3/c1-10-7-11(18)5-6-14(10)19-8-12-13(16)3-2-4-15(12)20-9-17/h2-7,18H,8H2,1H3. The lowest BCUT2D eigenvalue weighted by Crippen LogP contribution is -2.00. The fourth-order valence-electron chi connectivity index (χ4n) is 1.77. The minimum atomic E-state index is 0.198. The van der Waals surface area contributed by atoms with Crippen molar-refractivity contribution in [2.45, 2.75) is 13.5 Å². The highest BCUT2D eigenvalue weighted by Gasteiger charge is 2.10. The first kappa shape index (κ1) is 14.2. The van der Waals surface area contributed by atoms with Gasteiger partial charge >= 0.3 is 0 Å². The Morgan fingerprint density at radius 1 is 1.25 bits per heavy atom. The molecular formula is C15H12BrNO3. The van der Waals surface area contributed by atoms with Gasteiger partial charge in [-0.25, -0.2) is 0 Å². The molecule has 0 aliphatic carbocycles. The molecule has 0 aliphatic heterocycles. The highest BCUT2D eigenvalue weighted by molar-refractivity contribution is 9.10. The number of hydrogen-bond acceptors (Lipinski definition) is 4. The van der Waals surface area contributed by atoms with Crippen LogP contribution < -0.4 is 9.47 Å². The van der Waals surface area contributed by atoms with Crippen LogP contribution in [0.3, 0.4) is 0 Å². The maximum absolute atomic E-state index is 9.36. The maximum atomic E-state index is 9.36. The smallest absolute Gasteiger partial charge is 0.292 e. The Labute approximate surface area is 125 Å². The SMILES string of the molecule is Cc1cc(O)ccc1OCc1c(Br)cccc1OC#N. The van der Waals surface area contributed by atoms with Crippen LogP contribution in [-0.2, 0) is 6.61 Å². The van der Waals surface area contributed by atoms with Gasteiger partial charge in [0.15, 0.2) is 0 Å². The monoisotopic (exact) mass is 333 g/mol. The predicted octanol–water partition coefficient (Wildman–Crippen LogP) is 3.90. The number of nitriles is 1. The van der Waals surface area contributed by atoms with Crippen molar-refractivity contribution in [3.05, 3.63) is 52.0 Å². The van der Waals surface area contributed by atoms with E-state index in [4.69, 9.17) is 14.7 Å². The van der Waals surface area contributed by atoms with E-state index in [1.54, 1.807) is 36.6 Å². The van der Waals surface area contributed by atoms with Crippen LogP contribution in [0.25, 0.3) is 0 Å². The van der Waals surface area contributed by atoms with E-state index >= 15 is 0 Å². The van der Waals surface area contributed by atoms with E-state index in [1.165, 1.54) is 0 Å². The van der Waals surface area contributed by atoms with Crippen molar-refractivity contribution in [2.75, 3.05) is 0 Å². The number of aromatic hydroxyl groups is 1. The third-order valence-corrected chi connectivity index (χ3v) is 3.50. The quantitative estimate of drug-likeness (QED) is 0.862. The van der Waals surface area contributed by atoms with Crippen LogP contribution in [0.4, 0.5) is 0 Å². The first-order valence-electron chi connectivity index (χ1n) is 5.87. The largest absolute Gasteiger partial charge is 0.508 e. The lowest BCUT2D eigenvalue weighted by molar-refractivity contribution is 0.297. The Morgan fingerprint density at radius 2 is 2.05 bits per heavy atom. The highest BCUT2D eigenvalue weighted by atomic mass is 79.9. The summed E-state index contributed by atoms with van der Waals surface area (Å²) in [6.07, 6.45) is 1.66. The highest BCUT2D eigenvalue weighted by Crippen LogP contribution is 2.29. The Hall–Kier alpha value is -2.19. The van der Waals surface area contributed by atoms with Crippen LogP contribution in [0.2, 0.25) is 0 Å². The van der Waals surface area contributed by atoms with E-state index in [-0.39, 0.29) is 12.4 Å². The van der Waals surface area contributed by atoms with Crippen molar-refractivity contribution in [1.29, 1.82) is 5.26 Å². The van der Waals surface area contributed by atoms with Crippen molar-refractivity contribution in [2.24, 2.45) is 0 Å². The summed E-state index contributed by atoms with van der Waals surface area (Å²) >= 11 is 3.41. The van der Waals surface area contributed by atoms with Gasteiger partial charge in [0.2, 0.25) is 0 Å². The van der Waals surface area contributed by atoms with E-state index in [0.717, 1.165) is 15.6 Å². The van der Waals surface area contributed by atoms with Gasteiger partial charge in [0, 0.05) is 10.0 Å². The number of hydrogen-bond donors (Lipinski definition) is 1. The molecule has 102 valence electrons. The Balaban J connectivity index is 2.20. The average Bonchev–Trinajstić information content (AvgIpc) is 2.40. The number of aryl methyl sites for hydroxylation is 1. The molecule has 0 atom stereocenters. The van der Waals surface area contributed by atoms with Gasteiger partial charge in [0.05, 0.1) is 0 Å². The fraction of sp³-hybridized carbons (Fsp3) is 0.133. The molecule has 0 heterocycles. The molecular weight excluding hydrogens is 322 g/mol. The van der Waals surface area contributed by atoms with Crippen molar-refractivity contribution in [3.8, 4) is 23.5 Å². The van der Waals surface area contributed by atoms with Crippen molar-refractivity contribution >= 4 is 15.9 Å². The first-order valence-corrected chi connectivity index (χ1v) is 6.67. The third-order valence-electron chi connectivity index (χ3n) is 2.76. The molecule has 0 saturated carbocycles. The molecule has 0 saturated heterocycles. The van der Waals surface area contributed by atoms with Gasteiger partial charge < -0.3 is 14.6 Å². The van der Waals surface area contributed by atoms with Crippen molar-refractivity contribution in [1.82, 2.24) is 0 Å². The summed E-state index contributed by atoms with van der Waals surface area (Å²) in [5, 5.41) is 18.0. The lowest BCUT2D eigenvalue weighted by atomic mass is 10.2. The molecule has 20 heavy (non-hydrogen) atoms. The third kappa shape index (κ3) is 3.22. The van der Waals surface area contributed by atoms with Gasteiger partial charge in [-0.1, -0.05) is 22.0 Å². The molecule has 2 rings (SSSR count). The number of phenolic OH excluding ortho intramolecular Hbond substituents is 1. The molecule has 2 aromatic rings. The number of benzene rings is 2. The van der Waals surface area contributed by atoms with Gasteiger partial charge in [-0.2, -0.15) is 0 Å². The number of nitrogens with zero attached hydrogens (tertiary/aromatic N) is 1. The summed E-state index contributed by atoms with van der Waals surface area (Å²) in [6.45, 7) is 2.10. The Kier molecular flexibility index (Phi) is 4.49. The second-order valence-electron chi connectivity index (χ2n) is 4.15. The summed E-state index contributed by atoms with van der Waals surface area (Å²) < 4.78 is 11.4. The normalized spacial score (nSPS) is 9.85. The maximum Gasteiger partial charge on any atom is 0.292 e. The molecule has 0 radical (unpaired) electrons. The minimum absolute atomic E-state index is 0.198. The van der Waals surface area contributed by atoms with Gasteiger partial charge in [0.1, 0.15) is 23.9 Å². The van der Waals surface area contributed by atoms with Gasteiger partial charge in [-0.15, -0.1) is 5.26 Å². The zero-order valence-electron chi connectivity index (χ0n) is 10.8. The summed E-state index contributed by atoms with van der Waals surface area (Å²) in [5.74, 6) is 1.32. The molecule has 2 aromatic carbocycles. The van der Waals surface area contributed by atoms with E-state index < -0.39 is 0 Å². The summed E-state index contributed by atoms with van der Waals surface area (Å²) in [5.41, 5.74) is 1.58. The predicted molar refractivity (Wildman–Crippen MR) is 77.6 cm³/mol. The molecule has 1 N–H and O–H groups in total. The van der Waals surface area contributed by atoms with Crippen LogP contribution >= 0.6 is 15.9 Å². The number of phenols is 1. The molecule has 4 nitrogen and oxygen atoms in total. The summed E-state index contributed by atoms with van der Waals surface area (Å²) in [4.78, 5) is 0. The number of rotatable bonds is 4. The summed E-state index contributed by atoms with van der Waals surface area (Å²) in [7, 11) is 0. The first-order chi connectivity index (χ1) is 9.61. The molecule has 0 unspecified atom stereocenters. The van der Waals surface area contributed by atoms with Crippen LogP contribution in [0.5, 0.6) is 17.2 Å². The number of halogens is 1. The molecule has 0 bridgehead atoms. The van der Waals surface area contributed by atoms with Crippen molar-refractivity contribution < 1.29 is 14.6 Å². The summed E-state index contributed by atoms with van der Waals surface area (Å²) in [6, 6.07) is 10.2. The van der Waals surface area contributed by atoms with E-state index in [0.29, 0.717) is 11.5 Å². The van der Waals surface area contributed by atoms with Gasteiger partial charge in [-0.05, 0) is 42.8 Å². The molecule has 0 amide bonds. The lowest BCUT2D eigenvalue weighted by Gasteiger charge is -2.12. The molecule has 0 aromatic heterocycles. The van der Waals surface area contributed by atoms with Crippen LogP contribution in [0, 0.1) is 18.4 Å². The van der Waals surface area contributed by atoms with Crippen LogP contribution in [-0.4, -0.2) is 5.11 Å². The molecule has 0 spiro atoms. The second-order valence-corrected chi connectivity index (χ2v) is 5.00. The minimum Gasteiger partial charge on any atom is -0.508 e. The number of ether oxygens (including phenoxy) is 2. The topological polar surface area (TPSA) is 62.5 Å². The van der Waals surface area contributed by atoms with E-state index in [1.807, 2.05) is 13.0 Å².